The number of nitrogens with zero attached hydrogens (tertiary/aromatic N) is 1. The van der Waals surface area contributed by atoms with E-state index in [9.17, 15) is 0 Å². The van der Waals surface area contributed by atoms with Gasteiger partial charge in [0.15, 0.2) is 0 Å². The molecule has 0 aliphatic carbocycles. The van der Waals surface area contributed by atoms with E-state index >= 15 is 0 Å². The summed E-state index contributed by atoms with van der Waals surface area (Å²) >= 11 is 0. The second-order valence-electron chi connectivity index (χ2n) is 16.4. The van der Waals surface area contributed by atoms with Crippen LogP contribution in [0.2, 0.25) is 0 Å². The van der Waals surface area contributed by atoms with Crippen molar-refractivity contribution in [3.8, 4) is 0 Å². The second kappa shape index (κ2) is 33.5. The highest BCUT2D eigenvalue weighted by Gasteiger charge is 2.47. The van der Waals surface area contributed by atoms with E-state index in [1.807, 2.05) is 0 Å². The van der Waals surface area contributed by atoms with E-state index < -0.39 is 0 Å². The minimum atomic E-state index is 0.392. The lowest BCUT2D eigenvalue weighted by Crippen LogP contribution is -2.66. The van der Waals surface area contributed by atoms with Gasteiger partial charge in [-0.2, -0.15) is 0 Å². The first-order valence-corrected chi connectivity index (χ1v) is 22.3. The molecule has 278 valence electrons. The number of quaternary nitrogens is 1. The smallest absolute Gasteiger partial charge is 0.0963 e. The van der Waals surface area contributed by atoms with Gasteiger partial charge in [-0.15, -0.1) is 0 Å². The molecule has 1 unspecified atom stereocenters. The molecule has 0 radical (unpaired) electrons. The summed E-state index contributed by atoms with van der Waals surface area (Å²) in [5.41, 5.74) is 0.392. The van der Waals surface area contributed by atoms with Gasteiger partial charge in [-0.3, -0.25) is 0 Å². The normalized spacial score (nSPS) is 13.1. The molecule has 0 amide bonds. The van der Waals surface area contributed by atoms with E-state index in [-0.39, 0.29) is 0 Å². The monoisotopic (exact) mass is 649 g/mol. The number of unbranched alkanes of at least 4 members (excludes halogenated alkanes) is 26. The fourth-order valence-corrected chi connectivity index (χ4v) is 8.60. The van der Waals surface area contributed by atoms with E-state index in [0.29, 0.717) is 5.54 Å². The van der Waals surface area contributed by atoms with Crippen molar-refractivity contribution in [2.75, 3.05) is 19.6 Å². The van der Waals surface area contributed by atoms with Gasteiger partial charge in [0.1, 0.15) is 0 Å². The van der Waals surface area contributed by atoms with E-state index in [1.165, 1.54) is 236 Å². The summed E-state index contributed by atoms with van der Waals surface area (Å²) in [6.07, 6.45) is 47.6. The number of hydrogen-bond acceptors (Lipinski definition) is 0. The minimum Gasteiger partial charge on any atom is -0.319 e. The molecule has 1 heteroatoms. The lowest BCUT2D eigenvalue weighted by molar-refractivity contribution is -0.977. The predicted molar refractivity (Wildman–Crippen MR) is 213 cm³/mol. The van der Waals surface area contributed by atoms with Gasteiger partial charge in [0.25, 0.3) is 0 Å². The third kappa shape index (κ3) is 23.3. The van der Waals surface area contributed by atoms with E-state index in [2.05, 4.69) is 48.5 Å². The van der Waals surface area contributed by atoms with Gasteiger partial charge in [0.05, 0.1) is 25.2 Å². The average molecular weight is 649 g/mol. The molecule has 0 N–H and O–H groups in total. The fraction of sp³-hybridized carbons (Fsp3) is 1.00. The first-order valence-electron chi connectivity index (χ1n) is 22.3. The molecule has 0 aromatic rings. The SMILES string of the molecule is CCCCCCCCCC[N+](CCCCCCCCCC)(CCCCCCCCCC)C(C)(C)C(CCC)CCCCCCCC. The summed E-state index contributed by atoms with van der Waals surface area (Å²) in [4.78, 5) is 0. The quantitative estimate of drug-likeness (QED) is 0.0461. The van der Waals surface area contributed by atoms with Crippen molar-refractivity contribution in [2.24, 2.45) is 5.92 Å². The Bertz CT molecular complexity index is 529. The van der Waals surface area contributed by atoms with Crippen LogP contribution in [0.25, 0.3) is 0 Å². The van der Waals surface area contributed by atoms with Crippen molar-refractivity contribution in [3.05, 3.63) is 0 Å². The molecule has 0 spiro atoms. The maximum Gasteiger partial charge on any atom is 0.0963 e. The van der Waals surface area contributed by atoms with Crippen LogP contribution in [0.4, 0.5) is 0 Å². The van der Waals surface area contributed by atoms with Crippen LogP contribution in [-0.4, -0.2) is 29.7 Å². The molecule has 1 nitrogen and oxygen atoms in total. The Balaban J connectivity index is 5.67. The van der Waals surface area contributed by atoms with Crippen molar-refractivity contribution in [1.82, 2.24) is 0 Å². The van der Waals surface area contributed by atoms with Crippen molar-refractivity contribution in [2.45, 2.75) is 266 Å². The zero-order valence-corrected chi connectivity index (χ0v) is 34.0. The zero-order valence-electron chi connectivity index (χ0n) is 34.0. The summed E-state index contributed by atoms with van der Waals surface area (Å²) in [6.45, 7) is 21.7. The van der Waals surface area contributed by atoms with Gasteiger partial charge >= 0.3 is 0 Å². The molecule has 0 aliphatic heterocycles. The molecule has 0 rings (SSSR count). The van der Waals surface area contributed by atoms with E-state index in [1.54, 1.807) is 0 Å². The standard InChI is InChI=1S/C45H94N/c1-8-13-17-21-25-28-32-36-41-46(42-37-33-29-26-22-18-14-9-2,43-38-34-30-27-23-19-15-10-3)45(6,7)44(39-12-5)40-35-31-24-20-16-11-4/h44H,8-43H2,1-7H3/q+1. The Hall–Kier alpha value is -0.0400. The molecular formula is C45H94N+. The molecular weight excluding hydrogens is 555 g/mol. The highest BCUT2D eigenvalue weighted by Crippen LogP contribution is 2.40. The topological polar surface area (TPSA) is 0 Å². The van der Waals surface area contributed by atoms with Gasteiger partial charge in [0.2, 0.25) is 0 Å². The molecule has 0 saturated carbocycles. The van der Waals surface area contributed by atoms with Gasteiger partial charge < -0.3 is 4.48 Å². The average Bonchev–Trinajstić information content (AvgIpc) is 3.05. The summed E-state index contributed by atoms with van der Waals surface area (Å²) in [5.74, 6) is 0.876. The molecule has 0 heterocycles. The van der Waals surface area contributed by atoms with Crippen LogP contribution in [0.3, 0.4) is 0 Å². The molecule has 0 saturated heterocycles. The number of hydrogen-bond donors (Lipinski definition) is 0. The Labute approximate surface area is 295 Å². The molecule has 0 aliphatic rings. The Kier molecular flexibility index (Phi) is 33.4. The Morgan fingerprint density at radius 1 is 0.304 bits per heavy atom. The van der Waals surface area contributed by atoms with Gasteiger partial charge in [-0.25, -0.2) is 0 Å². The van der Waals surface area contributed by atoms with Crippen LogP contribution in [0.5, 0.6) is 0 Å². The van der Waals surface area contributed by atoms with Crippen molar-refractivity contribution in [1.29, 1.82) is 0 Å². The van der Waals surface area contributed by atoms with E-state index in [4.69, 9.17) is 0 Å². The first kappa shape index (κ1) is 46.0. The molecule has 0 aromatic heterocycles. The first-order chi connectivity index (χ1) is 22.5. The van der Waals surface area contributed by atoms with Crippen LogP contribution < -0.4 is 0 Å². The largest absolute Gasteiger partial charge is 0.319 e. The Morgan fingerprint density at radius 2 is 0.565 bits per heavy atom. The summed E-state index contributed by atoms with van der Waals surface area (Å²) in [5, 5.41) is 0. The lowest BCUT2D eigenvalue weighted by Gasteiger charge is -2.54. The van der Waals surface area contributed by atoms with Crippen molar-refractivity contribution < 1.29 is 4.48 Å². The number of rotatable bonds is 38. The molecule has 0 bridgehead atoms. The lowest BCUT2D eigenvalue weighted by atomic mass is 9.76. The fourth-order valence-electron chi connectivity index (χ4n) is 8.60. The Morgan fingerprint density at radius 3 is 0.848 bits per heavy atom. The molecule has 1 atom stereocenters. The second-order valence-corrected chi connectivity index (χ2v) is 16.4. The maximum absolute atomic E-state index is 2.77. The third-order valence-electron chi connectivity index (χ3n) is 12.1. The van der Waals surface area contributed by atoms with Gasteiger partial charge in [-0.05, 0) is 65.2 Å². The van der Waals surface area contributed by atoms with Crippen LogP contribution in [0.1, 0.15) is 260 Å². The van der Waals surface area contributed by atoms with Gasteiger partial charge in [0, 0.05) is 5.92 Å². The minimum absolute atomic E-state index is 0.392. The predicted octanol–water partition coefficient (Wildman–Crippen LogP) is 16.2. The summed E-state index contributed by atoms with van der Waals surface area (Å²) in [6, 6.07) is 0. The highest BCUT2D eigenvalue weighted by atomic mass is 15.4. The zero-order chi connectivity index (χ0) is 34.0. The van der Waals surface area contributed by atoms with Gasteiger partial charge in [-0.1, -0.05) is 195 Å². The van der Waals surface area contributed by atoms with Crippen LogP contribution in [0, 0.1) is 5.92 Å². The van der Waals surface area contributed by atoms with Crippen LogP contribution in [-0.2, 0) is 0 Å². The van der Waals surface area contributed by atoms with Crippen LogP contribution >= 0.6 is 0 Å². The van der Waals surface area contributed by atoms with E-state index in [0.717, 1.165) is 5.92 Å². The summed E-state index contributed by atoms with van der Waals surface area (Å²) in [7, 11) is 0. The molecule has 46 heavy (non-hydrogen) atoms. The molecule has 0 fully saturated rings. The third-order valence-corrected chi connectivity index (χ3v) is 12.1. The van der Waals surface area contributed by atoms with Crippen LogP contribution in [0.15, 0.2) is 0 Å². The van der Waals surface area contributed by atoms with Crippen molar-refractivity contribution in [3.63, 3.8) is 0 Å². The highest BCUT2D eigenvalue weighted by molar-refractivity contribution is 4.82. The summed E-state index contributed by atoms with van der Waals surface area (Å²) < 4.78 is 1.44. The van der Waals surface area contributed by atoms with Crippen molar-refractivity contribution >= 4 is 0 Å². The maximum atomic E-state index is 2.77. The molecule has 0 aromatic carbocycles.